The van der Waals surface area contributed by atoms with Crippen molar-refractivity contribution in [2.24, 2.45) is 0 Å². The van der Waals surface area contributed by atoms with Crippen molar-refractivity contribution in [2.75, 3.05) is 5.06 Å². The second-order valence-electron chi connectivity index (χ2n) is 5.06. The second-order valence-corrected chi connectivity index (χ2v) is 6.29. The Kier molecular flexibility index (Phi) is 4.50. The zero-order valence-electron chi connectivity index (χ0n) is 11.8. The van der Waals surface area contributed by atoms with E-state index in [1.165, 1.54) is 17.2 Å². The average molecular weight is 343 g/mol. The van der Waals surface area contributed by atoms with E-state index in [9.17, 15) is 17.6 Å². The van der Waals surface area contributed by atoms with E-state index in [1.807, 2.05) is 6.07 Å². The molecule has 122 valence electrons. The molecule has 7 heteroatoms. The number of para-hydroxylation sites is 1. The fraction of sp³-hybridized carbons (Fsp3) is 0.250. The number of benzene rings is 2. The first kappa shape index (κ1) is 16.1. The van der Waals surface area contributed by atoms with Gasteiger partial charge in [-0.3, -0.25) is 4.84 Å². The Morgan fingerprint density at radius 3 is 2.26 bits per heavy atom. The normalized spacial score (nSPS) is 21.7. The SMILES string of the molecule is Fc1ccc(C2CC(SC(F)(F)F)ON2c2ccccc2)cc1. The number of thioether (sulfide) groups is 1. The molecular formula is C16H13F4NOS. The topological polar surface area (TPSA) is 12.5 Å². The molecule has 0 saturated carbocycles. The van der Waals surface area contributed by atoms with Gasteiger partial charge in [-0.05, 0) is 41.6 Å². The molecule has 23 heavy (non-hydrogen) atoms. The van der Waals surface area contributed by atoms with E-state index >= 15 is 0 Å². The van der Waals surface area contributed by atoms with Crippen molar-refractivity contribution in [3.8, 4) is 0 Å². The lowest BCUT2D eigenvalue weighted by Gasteiger charge is -2.25. The molecule has 0 bridgehead atoms. The van der Waals surface area contributed by atoms with Crippen molar-refractivity contribution in [2.45, 2.75) is 23.4 Å². The van der Waals surface area contributed by atoms with Gasteiger partial charge in [-0.2, -0.15) is 13.2 Å². The van der Waals surface area contributed by atoms with Gasteiger partial charge in [0.2, 0.25) is 0 Å². The van der Waals surface area contributed by atoms with Crippen molar-refractivity contribution < 1.29 is 22.4 Å². The summed E-state index contributed by atoms with van der Waals surface area (Å²) in [7, 11) is 0. The minimum absolute atomic E-state index is 0.157. The summed E-state index contributed by atoms with van der Waals surface area (Å²) in [6.45, 7) is 0. The summed E-state index contributed by atoms with van der Waals surface area (Å²) in [5.74, 6) is -0.389. The highest BCUT2D eigenvalue weighted by atomic mass is 32.2. The van der Waals surface area contributed by atoms with Gasteiger partial charge in [-0.25, -0.2) is 9.45 Å². The van der Waals surface area contributed by atoms with Crippen molar-refractivity contribution in [3.05, 3.63) is 66.0 Å². The average Bonchev–Trinajstić information content (AvgIpc) is 2.90. The van der Waals surface area contributed by atoms with E-state index in [0.717, 1.165) is 0 Å². The van der Waals surface area contributed by atoms with Crippen LogP contribution in [0.2, 0.25) is 0 Å². The Bertz CT molecular complexity index is 647. The number of halogens is 4. The molecule has 2 aromatic rings. The monoisotopic (exact) mass is 343 g/mol. The molecular weight excluding hydrogens is 330 g/mol. The van der Waals surface area contributed by atoms with Gasteiger partial charge in [0.05, 0.1) is 11.7 Å². The van der Waals surface area contributed by atoms with Crippen LogP contribution in [0.1, 0.15) is 18.0 Å². The van der Waals surface area contributed by atoms with Crippen molar-refractivity contribution in [3.63, 3.8) is 0 Å². The largest absolute Gasteiger partial charge is 0.444 e. The molecule has 1 fully saturated rings. The second kappa shape index (κ2) is 6.41. The first-order chi connectivity index (χ1) is 10.9. The predicted molar refractivity (Wildman–Crippen MR) is 81.2 cm³/mol. The van der Waals surface area contributed by atoms with Crippen molar-refractivity contribution >= 4 is 17.4 Å². The van der Waals surface area contributed by atoms with Crippen molar-refractivity contribution in [1.82, 2.24) is 0 Å². The Balaban J connectivity index is 1.88. The Labute approximate surface area is 135 Å². The van der Waals surface area contributed by atoms with E-state index in [2.05, 4.69) is 0 Å². The lowest BCUT2D eigenvalue weighted by Crippen LogP contribution is -2.22. The maximum absolute atomic E-state index is 13.1. The highest BCUT2D eigenvalue weighted by Crippen LogP contribution is 2.46. The molecule has 2 nitrogen and oxygen atoms in total. The van der Waals surface area contributed by atoms with Crippen molar-refractivity contribution in [1.29, 1.82) is 0 Å². The summed E-state index contributed by atoms with van der Waals surface area (Å²) < 4.78 is 51.0. The quantitative estimate of drug-likeness (QED) is 0.703. The van der Waals surface area contributed by atoms with Gasteiger partial charge < -0.3 is 0 Å². The number of hydroxylamine groups is 1. The first-order valence-electron chi connectivity index (χ1n) is 6.93. The molecule has 0 radical (unpaired) electrons. The highest BCUT2D eigenvalue weighted by Gasteiger charge is 2.42. The maximum atomic E-state index is 13.1. The molecule has 0 aromatic heterocycles. The van der Waals surface area contributed by atoms with E-state index in [1.54, 1.807) is 36.4 Å². The molecule has 2 unspecified atom stereocenters. The van der Waals surface area contributed by atoms with Crippen LogP contribution in [0.5, 0.6) is 0 Å². The van der Waals surface area contributed by atoms with Crippen LogP contribution in [-0.2, 0) is 4.84 Å². The lowest BCUT2D eigenvalue weighted by atomic mass is 10.0. The van der Waals surface area contributed by atoms with Crippen LogP contribution in [0, 0.1) is 5.82 Å². The van der Waals surface area contributed by atoms with Gasteiger partial charge >= 0.3 is 5.51 Å². The number of rotatable bonds is 3. The molecule has 1 heterocycles. The third kappa shape index (κ3) is 3.97. The van der Waals surface area contributed by atoms with Gasteiger partial charge in [0.15, 0.2) is 0 Å². The minimum Gasteiger partial charge on any atom is -0.258 e. The van der Waals surface area contributed by atoms with Gasteiger partial charge in [0.25, 0.3) is 0 Å². The van der Waals surface area contributed by atoms with E-state index < -0.39 is 17.0 Å². The molecule has 1 aliphatic heterocycles. The first-order valence-corrected chi connectivity index (χ1v) is 7.81. The van der Waals surface area contributed by atoms with E-state index in [-0.39, 0.29) is 24.0 Å². The number of hydrogen-bond acceptors (Lipinski definition) is 3. The Morgan fingerprint density at radius 1 is 1.00 bits per heavy atom. The molecule has 0 amide bonds. The molecule has 2 aromatic carbocycles. The van der Waals surface area contributed by atoms with Crippen LogP contribution < -0.4 is 5.06 Å². The Hall–Kier alpha value is -1.73. The summed E-state index contributed by atoms with van der Waals surface area (Å²) in [5.41, 5.74) is -4.04. The van der Waals surface area contributed by atoms with Gasteiger partial charge in [-0.15, -0.1) is 0 Å². The molecule has 1 saturated heterocycles. The van der Waals surface area contributed by atoms with Crippen LogP contribution in [0.25, 0.3) is 0 Å². The number of hydrogen-bond donors (Lipinski definition) is 0. The van der Waals surface area contributed by atoms with E-state index in [4.69, 9.17) is 4.84 Å². The van der Waals surface area contributed by atoms with Crippen LogP contribution in [0.3, 0.4) is 0 Å². The van der Waals surface area contributed by atoms with Crippen LogP contribution >= 0.6 is 11.8 Å². The summed E-state index contributed by atoms with van der Waals surface area (Å²) in [6.07, 6.45) is 0.157. The lowest BCUT2D eigenvalue weighted by molar-refractivity contribution is -0.0362. The van der Waals surface area contributed by atoms with Gasteiger partial charge in [0, 0.05) is 6.42 Å². The third-order valence-electron chi connectivity index (χ3n) is 3.46. The molecule has 0 spiro atoms. The summed E-state index contributed by atoms with van der Waals surface area (Å²) in [4.78, 5) is 5.50. The number of alkyl halides is 3. The third-order valence-corrected chi connectivity index (χ3v) is 4.27. The fourth-order valence-electron chi connectivity index (χ4n) is 2.51. The summed E-state index contributed by atoms with van der Waals surface area (Å²) in [6, 6.07) is 14.2. The number of nitrogens with zero attached hydrogens (tertiary/aromatic N) is 1. The summed E-state index contributed by atoms with van der Waals surface area (Å²) >= 11 is -0.174. The van der Waals surface area contributed by atoms with Crippen LogP contribution in [0.15, 0.2) is 54.6 Å². The highest BCUT2D eigenvalue weighted by molar-refractivity contribution is 8.00. The van der Waals surface area contributed by atoms with Crippen LogP contribution in [0.4, 0.5) is 23.2 Å². The predicted octanol–water partition coefficient (Wildman–Crippen LogP) is 5.29. The molecule has 1 aliphatic rings. The van der Waals surface area contributed by atoms with Gasteiger partial charge in [-0.1, -0.05) is 30.3 Å². The molecule has 2 atom stereocenters. The summed E-state index contributed by atoms with van der Waals surface area (Å²) in [5, 5.41) is 1.47. The van der Waals surface area contributed by atoms with E-state index in [0.29, 0.717) is 11.3 Å². The van der Waals surface area contributed by atoms with Crippen LogP contribution in [-0.4, -0.2) is 10.9 Å². The van der Waals surface area contributed by atoms with Gasteiger partial charge in [0.1, 0.15) is 11.3 Å². The zero-order valence-corrected chi connectivity index (χ0v) is 12.7. The molecule has 3 rings (SSSR count). The molecule has 0 aliphatic carbocycles. The number of anilines is 1. The zero-order chi connectivity index (χ0) is 16.4. The maximum Gasteiger partial charge on any atom is 0.444 e. The smallest absolute Gasteiger partial charge is 0.258 e. The minimum atomic E-state index is -4.37. The fourth-order valence-corrected chi connectivity index (χ4v) is 3.22. The Morgan fingerprint density at radius 2 is 1.65 bits per heavy atom. The molecule has 0 N–H and O–H groups in total. The standard InChI is InChI=1S/C16H13F4NOS/c17-12-8-6-11(7-9-12)14-10-15(23-16(18,19)20)22-21(14)13-4-2-1-3-5-13/h1-9,14-15H,10H2.